The molecule has 3 heteroatoms. The molecule has 0 atom stereocenters. The quantitative estimate of drug-likeness (QED) is 0.643. The number of hydrogen-bond acceptors (Lipinski definition) is 3. The van der Waals surface area contributed by atoms with E-state index in [1.807, 2.05) is 13.8 Å². The molecule has 0 unspecified atom stereocenters. The molecule has 0 aromatic carbocycles. The molecule has 0 aliphatic heterocycles. The SMILES string of the molecule is CC(C)(C#N)CCCCSCCO. The van der Waals surface area contributed by atoms with Gasteiger partial charge in [0.2, 0.25) is 0 Å². The molecule has 0 spiro atoms. The Morgan fingerprint density at radius 3 is 2.54 bits per heavy atom. The van der Waals surface area contributed by atoms with Crippen LogP contribution in [0.2, 0.25) is 0 Å². The Balaban J connectivity index is 3.22. The number of aliphatic hydroxyl groups excluding tert-OH is 1. The molecule has 0 heterocycles. The molecule has 0 aromatic heterocycles. The van der Waals surface area contributed by atoms with Gasteiger partial charge < -0.3 is 5.11 Å². The van der Waals surface area contributed by atoms with Crippen molar-refractivity contribution in [2.75, 3.05) is 18.1 Å². The average molecular weight is 201 g/mol. The first-order valence-electron chi connectivity index (χ1n) is 4.72. The monoisotopic (exact) mass is 201 g/mol. The molecule has 1 N–H and O–H groups in total. The maximum atomic E-state index is 8.75. The first-order valence-corrected chi connectivity index (χ1v) is 5.88. The Hall–Kier alpha value is -0.200. The second-order valence-corrected chi connectivity index (χ2v) is 5.01. The lowest BCUT2D eigenvalue weighted by Crippen LogP contribution is -2.07. The predicted molar refractivity (Wildman–Crippen MR) is 57.7 cm³/mol. The van der Waals surface area contributed by atoms with Crippen LogP contribution in [0.15, 0.2) is 0 Å². The fourth-order valence-corrected chi connectivity index (χ4v) is 1.74. The van der Waals surface area contributed by atoms with Crippen molar-refractivity contribution in [1.82, 2.24) is 0 Å². The molecule has 0 aliphatic rings. The Kier molecular flexibility index (Phi) is 7.12. The summed E-state index contributed by atoms with van der Waals surface area (Å²) in [6.07, 6.45) is 3.23. The number of thioether (sulfide) groups is 1. The second kappa shape index (κ2) is 7.23. The predicted octanol–water partition coefficient (Wildman–Crippen LogP) is 2.43. The molecule has 0 aromatic rings. The van der Waals surface area contributed by atoms with E-state index in [-0.39, 0.29) is 12.0 Å². The topological polar surface area (TPSA) is 44.0 Å². The third kappa shape index (κ3) is 8.14. The molecule has 13 heavy (non-hydrogen) atoms. The molecule has 0 aliphatic carbocycles. The van der Waals surface area contributed by atoms with Crippen molar-refractivity contribution in [1.29, 1.82) is 5.26 Å². The molecular weight excluding hydrogens is 182 g/mol. The lowest BCUT2D eigenvalue weighted by molar-refractivity contribution is 0.322. The molecule has 0 saturated carbocycles. The Bertz CT molecular complexity index is 163. The largest absolute Gasteiger partial charge is 0.396 e. The maximum absolute atomic E-state index is 8.75. The zero-order valence-corrected chi connectivity index (χ0v) is 9.36. The summed E-state index contributed by atoms with van der Waals surface area (Å²) in [5, 5.41) is 17.3. The molecule has 76 valence electrons. The van der Waals surface area contributed by atoms with E-state index in [0.29, 0.717) is 0 Å². The van der Waals surface area contributed by atoms with Crippen LogP contribution in [0.25, 0.3) is 0 Å². The third-order valence-electron chi connectivity index (χ3n) is 1.88. The van der Waals surface area contributed by atoms with Gasteiger partial charge in [0.15, 0.2) is 0 Å². The summed E-state index contributed by atoms with van der Waals surface area (Å²) >= 11 is 1.78. The van der Waals surface area contributed by atoms with Crippen LogP contribution < -0.4 is 0 Å². The summed E-state index contributed by atoms with van der Waals surface area (Å²) in [4.78, 5) is 0. The molecule has 0 rings (SSSR count). The minimum Gasteiger partial charge on any atom is -0.396 e. The Morgan fingerprint density at radius 2 is 2.00 bits per heavy atom. The van der Waals surface area contributed by atoms with Crippen LogP contribution >= 0.6 is 11.8 Å². The summed E-state index contributed by atoms with van der Waals surface area (Å²) < 4.78 is 0. The third-order valence-corrected chi connectivity index (χ3v) is 2.93. The number of aliphatic hydroxyl groups is 1. The van der Waals surface area contributed by atoms with E-state index in [1.54, 1.807) is 11.8 Å². The van der Waals surface area contributed by atoms with Gasteiger partial charge in [-0.3, -0.25) is 0 Å². The molecule has 0 saturated heterocycles. The summed E-state index contributed by atoms with van der Waals surface area (Å²) in [6.45, 7) is 4.23. The molecular formula is C10H19NOS. The van der Waals surface area contributed by atoms with Crippen molar-refractivity contribution < 1.29 is 5.11 Å². The normalized spacial score (nSPS) is 11.2. The highest BCUT2D eigenvalue weighted by Crippen LogP contribution is 2.22. The molecule has 0 amide bonds. The van der Waals surface area contributed by atoms with E-state index in [4.69, 9.17) is 10.4 Å². The maximum Gasteiger partial charge on any atom is 0.0683 e. The highest BCUT2D eigenvalue weighted by Gasteiger charge is 2.14. The Labute approximate surface area is 85.3 Å². The number of nitriles is 1. The minimum absolute atomic E-state index is 0.165. The van der Waals surface area contributed by atoms with Gasteiger partial charge in [-0.2, -0.15) is 17.0 Å². The zero-order chi connectivity index (χ0) is 10.2. The van der Waals surface area contributed by atoms with Crippen LogP contribution in [0.4, 0.5) is 0 Å². The van der Waals surface area contributed by atoms with E-state index in [2.05, 4.69) is 6.07 Å². The fraction of sp³-hybridized carbons (Fsp3) is 0.900. The van der Waals surface area contributed by atoms with E-state index in [0.717, 1.165) is 30.8 Å². The van der Waals surface area contributed by atoms with Crippen molar-refractivity contribution >= 4 is 11.8 Å². The summed E-state index contributed by atoms with van der Waals surface area (Å²) in [6, 6.07) is 2.30. The standard InChI is InChI=1S/C10H19NOS/c1-10(2,9-11)5-3-4-7-13-8-6-12/h12H,3-8H2,1-2H3. The van der Waals surface area contributed by atoms with Crippen LogP contribution in [0.1, 0.15) is 33.1 Å². The van der Waals surface area contributed by atoms with Crippen LogP contribution in [-0.2, 0) is 0 Å². The van der Waals surface area contributed by atoms with Crippen LogP contribution in [0, 0.1) is 16.7 Å². The van der Waals surface area contributed by atoms with Crippen molar-refractivity contribution in [2.24, 2.45) is 5.41 Å². The van der Waals surface area contributed by atoms with Gasteiger partial charge in [-0.25, -0.2) is 0 Å². The van der Waals surface area contributed by atoms with Crippen LogP contribution in [0.5, 0.6) is 0 Å². The van der Waals surface area contributed by atoms with Crippen LogP contribution in [0.3, 0.4) is 0 Å². The summed E-state index contributed by atoms with van der Waals surface area (Å²) in [5.74, 6) is 1.93. The van der Waals surface area contributed by atoms with E-state index >= 15 is 0 Å². The van der Waals surface area contributed by atoms with Gasteiger partial charge in [0.05, 0.1) is 18.1 Å². The number of rotatable bonds is 7. The number of unbranched alkanes of at least 4 members (excludes halogenated alkanes) is 1. The highest BCUT2D eigenvalue weighted by molar-refractivity contribution is 7.99. The van der Waals surface area contributed by atoms with Gasteiger partial charge in [-0.05, 0) is 32.4 Å². The second-order valence-electron chi connectivity index (χ2n) is 3.79. The van der Waals surface area contributed by atoms with Crippen molar-refractivity contribution in [2.45, 2.75) is 33.1 Å². The van der Waals surface area contributed by atoms with Gasteiger partial charge in [-0.1, -0.05) is 6.42 Å². The average Bonchev–Trinajstić information content (AvgIpc) is 2.11. The lowest BCUT2D eigenvalue weighted by Gasteiger charge is -2.13. The number of nitrogens with zero attached hydrogens (tertiary/aromatic N) is 1. The molecule has 0 radical (unpaired) electrons. The van der Waals surface area contributed by atoms with Crippen molar-refractivity contribution in [3.05, 3.63) is 0 Å². The zero-order valence-electron chi connectivity index (χ0n) is 8.55. The van der Waals surface area contributed by atoms with E-state index in [9.17, 15) is 0 Å². The lowest BCUT2D eigenvalue weighted by atomic mass is 9.89. The first kappa shape index (κ1) is 12.8. The van der Waals surface area contributed by atoms with Gasteiger partial charge in [0, 0.05) is 5.75 Å². The van der Waals surface area contributed by atoms with Gasteiger partial charge >= 0.3 is 0 Å². The first-order chi connectivity index (χ1) is 6.12. The van der Waals surface area contributed by atoms with Gasteiger partial charge in [0.25, 0.3) is 0 Å². The fourth-order valence-electron chi connectivity index (χ4n) is 0.994. The highest BCUT2D eigenvalue weighted by atomic mass is 32.2. The van der Waals surface area contributed by atoms with Crippen molar-refractivity contribution in [3.8, 4) is 6.07 Å². The number of hydrogen-bond donors (Lipinski definition) is 1. The van der Waals surface area contributed by atoms with Gasteiger partial charge in [0.1, 0.15) is 0 Å². The van der Waals surface area contributed by atoms with Crippen molar-refractivity contribution in [3.63, 3.8) is 0 Å². The van der Waals surface area contributed by atoms with E-state index < -0.39 is 0 Å². The van der Waals surface area contributed by atoms with Gasteiger partial charge in [-0.15, -0.1) is 0 Å². The van der Waals surface area contributed by atoms with Crippen LogP contribution in [-0.4, -0.2) is 23.2 Å². The van der Waals surface area contributed by atoms with E-state index in [1.165, 1.54) is 0 Å². The smallest absolute Gasteiger partial charge is 0.0683 e. The molecule has 0 fully saturated rings. The summed E-state index contributed by atoms with van der Waals surface area (Å²) in [7, 11) is 0. The summed E-state index contributed by atoms with van der Waals surface area (Å²) in [5.41, 5.74) is -0.165. The molecule has 0 bridgehead atoms. The minimum atomic E-state index is -0.165. The molecule has 2 nitrogen and oxygen atoms in total. The Morgan fingerprint density at radius 1 is 1.31 bits per heavy atom.